The molecule has 0 saturated carbocycles. The Bertz CT molecular complexity index is 398. The Balaban J connectivity index is 1.95. The van der Waals surface area contributed by atoms with Crippen LogP contribution < -0.4 is 5.32 Å². The van der Waals surface area contributed by atoms with E-state index in [9.17, 15) is 0 Å². The lowest BCUT2D eigenvalue weighted by molar-refractivity contribution is 0.157. The van der Waals surface area contributed by atoms with Gasteiger partial charge in [-0.25, -0.2) is 0 Å². The molecule has 1 N–H and O–H groups in total. The van der Waals surface area contributed by atoms with E-state index in [0.717, 1.165) is 19.0 Å². The van der Waals surface area contributed by atoms with Gasteiger partial charge < -0.3 is 5.32 Å². The highest BCUT2D eigenvalue weighted by Crippen LogP contribution is 2.19. The van der Waals surface area contributed by atoms with Crippen molar-refractivity contribution in [3.05, 3.63) is 35.4 Å². The standard InChI is InChI=1S/C19H32N2/c1-15(2)13-20-14-19(16(3)4)21-11-9-17-7-5-6-8-18(17)10-12-21/h5-8,15-16,19-20H,9-14H2,1-4H3. The molecule has 2 rings (SSSR count). The third-order valence-electron chi connectivity index (χ3n) is 4.60. The fourth-order valence-electron chi connectivity index (χ4n) is 3.32. The lowest BCUT2D eigenvalue weighted by Crippen LogP contribution is -2.47. The summed E-state index contributed by atoms with van der Waals surface area (Å²) in [5.74, 6) is 1.43. The van der Waals surface area contributed by atoms with Crippen molar-refractivity contribution in [3.63, 3.8) is 0 Å². The van der Waals surface area contributed by atoms with Gasteiger partial charge in [-0.2, -0.15) is 0 Å². The van der Waals surface area contributed by atoms with E-state index in [1.54, 1.807) is 11.1 Å². The first-order valence-corrected chi connectivity index (χ1v) is 8.59. The maximum Gasteiger partial charge on any atom is 0.0243 e. The zero-order chi connectivity index (χ0) is 15.2. The molecule has 0 aromatic heterocycles. The second-order valence-corrected chi connectivity index (χ2v) is 7.17. The molecular formula is C19H32N2. The summed E-state index contributed by atoms with van der Waals surface area (Å²) in [5, 5.41) is 3.66. The third-order valence-corrected chi connectivity index (χ3v) is 4.60. The molecule has 0 bridgehead atoms. The van der Waals surface area contributed by atoms with Gasteiger partial charge in [0, 0.05) is 25.7 Å². The quantitative estimate of drug-likeness (QED) is 0.863. The molecule has 1 aromatic carbocycles. The van der Waals surface area contributed by atoms with Crippen LogP contribution in [0.5, 0.6) is 0 Å². The Kier molecular flexibility index (Phi) is 6.25. The van der Waals surface area contributed by atoms with Gasteiger partial charge in [0.2, 0.25) is 0 Å². The Morgan fingerprint density at radius 1 is 0.952 bits per heavy atom. The molecule has 1 atom stereocenters. The molecule has 1 unspecified atom stereocenters. The van der Waals surface area contributed by atoms with Gasteiger partial charge in [0.1, 0.15) is 0 Å². The maximum absolute atomic E-state index is 3.66. The number of benzene rings is 1. The molecular weight excluding hydrogens is 256 g/mol. The van der Waals surface area contributed by atoms with Crippen molar-refractivity contribution in [2.75, 3.05) is 26.2 Å². The lowest BCUT2D eigenvalue weighted by atomic mass is 10.0. The summed E-state index contributed by atoms with van der Waals surface area (Å²) in [7, 11) is 0. The van der Waals surface area contributed by atoms with E-state index in [4.69, 9.17) is 0 Å². The third kappa shape index (κ3) is 4.82. The van der Waals surface area contributed by atoms with Crippen LogP contribution in [-0.4, -0.2) is 37.1 Å². The van der Waals surface area contributed by atoms with Crippen LogP contribution in [-0.2, 0) is 12.8 Å². The first kappa shape index (κ1) is 16.5. The smallest absolute Gasteiger partial charge is 0.0243 e. The molecule has 1 aromatic rings. The number of nitrogens with zero attached hydrogens (tertiary/aromatic N) is 1. The molecule has 0 amide bonds. The highest BCUT2D eigenvalue weighted by Gasteiger charge is 2.23. The highest BCUT2D eigenvalue weighted by atomic mass is 15.2. The number of hydrogen-bond acceptors (Lipinski definition) is 2. The van der Waals surface area contributed by atoms with Crippen molar-refractivity contribution >= 4 is 0 Å². The largest absolute Gasteiger partial charge is 0.315 e. The van der Waals surface area contributed by atoms with Crippen molar-refractivity contribution in [3.8, 4) is 0 Å². The normalized spacial score (nSPS) is 17.8. The lowest BCUT2D eigenvalue weighted by Gasteiger charge is -2.34. The van der Waals surface area contributed by atoms with E-state index in [0.29, 0.717) is 12.0 Å². The Morgan fingerprint density at radius 2 is 1.52 bits per heavy atom. The van der Waals surface area contributed by atoms with Gasteiger partial charge in [-0.3, -0.25) is 4.90 Å². The molecule has 1 aliphatic rings. The molecule has 21 heavy (non-hydrogen) atoms. The van der Waals surface area contributed by atoms with Crippen molar-refractivity contribution in [1.82, 2.24) is 10.2 Å². The van der Waals surface area contributed by atoms with Gasteiger partial charge in [0.25, 0.3) is 0 Å². The van der Waals surface area contributed by atoms with E-state index in [1.165, 1.54) is 25.9 Å². The molecule has 0 spiro atoms. The molecule has 2 nitrogen and oxygen atoms in total. The number of rotatable bonds is 6. The summed E-state index contributed by atoms with van der Waals surface area (Å²) in [6.07, 6.45) is 2.40. The van der Waals surface area contributed by atoms with Gasteiger partial charge in [-0.15, -0.1) is 0 Å². The summed E-state index contributed by atoms with van der Waals surface area (Å²) in [6, 6.07) is 9.62. The monoisotopic (exact) mass is 288 g/mol. The van der Waals surface area contributed by atoms with E-state index >= 15 is 0 Å². The molecule has 0 fully saturated rings. The van der Waals surface area contributed by atoms with Crippen LogP contribution in [0.3, 0.4) is 0 Å². The first-order chi connectivity index (χ1) is 10.1. The van der Waals surface area contributed by atoms with Crippen molar-refractivity contribution < 1.29 is 0 Å². The van der Waals surface area contributed by atoms with Crippen LogP contribution in [0.4, 0.5) is 0 Å². The number of hydrogen-bond donors (Lipinski definition) is 1. The van der Waals surface area contributed by atoms with Crippen LogP contribution in [0, 0.1) is 11.8 Å². The second-order valence-electron chi connectivity index (χ2n) is 7.17. The summed E-state index contributed by atoms with van der Waals surface area (Å²) < 4.78 is 0. The van der Waals surface area contributed by atoms with Crippen molar-refractivity contribution in [2.24, 2.45) is 11.8 Å². The SMILES string of the molecule is CC(C)CNCC(C(C)C)N1CCc2ccccc2CC1. The zero-order valence-corrected chi connectivity index (χ0v) is 14.2. The molecule has 1 heterocycles. The van der Waals surface area contributed by atoms with Gasteiger partial charge >= 0.3 is 0 Å². The van der Waals surface area contributed by atoms with Gasteiger partial charge in [-0.1, -0.05) is 52.0 Å². The van der Waals surface area contributed by atoms with Gasteiger partial charge in [0.05, 0.1) is 0 Å². The number of fused-ring (bicyclic) bond motifs is 1. The van der Waals surface area contributed by atoms with Crippen LogP contribution in [0.2, 0.25) is 0 Å². The number of nitrogens with one attached hydrogen (secondary N) is 1. The highest BCUT2D eigenvalue weighted by molar-refractivity contribution is 5.28. The summed E-state index contributed by atoms with van der Waals surface area (Å²) in [5.41, 5.74) is 3.11. The van der Waals surface area contributed by atoms with E-state index in [-0.39, 0.29) is 0 Å². The predicted octanol–water partition coefficient (Wildman–Crippen LogP) is 3.36. The molecule has 118 valence electrons. The fraction of sp³-hybridized carbons (Fsp3) is 0.684. The zero-order valence-electron chi connectivity index (χ0n) is 14.2. The van der Waals surface area contributed by atoms with E-state index in [2.05, 4.69) is 62.2 Å². The minimum atomic E-state index is 0.651. The Hall–Kier alpha value is -0.860. The van der Waals surface area contributed by atoms with E-state index in [1.807, 2.05) is 0 Å². The fourth-order valence-corrected chi connectivity index (χ4v) is 3.32. The minimum absolute atomic E-state index is 0.651. The van der Waals surface area contributed by atoms with Crippen LogP contribution in [0.25, 0.3) is 0 Å². The average Bonchev–Trinajstić information content (AvgIpc) is 2.65. The van der Waals surface area contributed by atoms with E-state index < -0.39 is 0 Å². The minimum Gasteiger partial charge on any atom is -0.315 e. The van der Waals surface area contributed by atoms with Gasteiger partial charge in [-0.05, 0) is 42.3 Å². The summed E-state index contributed by atoms with van der Waals surface area (Å²) >= 11 is 0. The second kappa shape index (κ2) is 7.95. The topological polar surface area (TPSA) is 15.3 Å². The molecule has 0 radical (unpaired) electrons. The summed E-state index contributed by atoms with van der Waals surface area (Å²) in [4.78, 5) is 2.71. The summed E-state index contributed by atoms with van der Waals surface area (Å²) in [6.45, 7) is 13.9. The average molecular weight is 288 g/mol. The molecule has 2 heteroatoms. The maximum atomic E-state index is 3.66. The molecule has 1 aliphatic heterocycles. The van der Waals surface area contributed by atoms with Gasteiger partial charge in [0.15, 0.2) is 0 Å². The molecule has 0 saturated heterocycles. The van der Waals surface area contributed by atoms with Crippen molar-refractivity contribution in [2.45, 2.75) is 46.6 Å². The predicted molar refractivity (Wildman–Crippen MR) is 91.8 cm³/mol. The van der Waals surface area contributed by atoms with Crippen LogP contribution in [0.15, 0.2) is 24.3 Å². The van der Waals surface area contributed by atoms with Crippen molar-refractivity contribution in [1.29, 1.82) is 0 Å². The Morgan fingerprint density at radius 3 is 2.00 bits per heavy atom. The van der Waals surface area contributed by atoms with Crippen LogP contribution >= 0.6 is 0 Å². The first-order valence-electron chi connectivity index (χ1n) is 8.59. The molecule has 0 aliphatic carbocycles. The Labute approximate surface area is 130 Å². The van der Waals surface area contributed by atoms with Crippen LogP contribution in [0.1, 0.15) is 38.8 Å².